The molecule has 0 unspecified atom stereocenters. The van der Waals surface area contributed by atoms with Crippen molar-refractivity contribution < 1.29 is 19.1 Å². The van der Waals surface area contributed by atoms with Crippen LogP contribution in [0.25, 0.3) is 0 Å². The van der Waals surface area contributed by atoms with Crippen molar-refractivity contribution in [3.05, 3.63) is 52.5 Å². The summed E-state index contributed by atoms with van der Waals surface area (Å²) in [5, 5.41) is 3.51. The molecule has 2 aromatic rings. The Balaban J connectivity index is 1.88. The molecule has 8 heteroatoms. The number of rotatable bonds is 10. The summed E-state index contributed by atoms with van der Waals surface area (Å²) in [5.41, 5.74) is 7.55. The zero-order valence-electron chi connectivity index (χ0n) is 20.3. The number of halogens is 1. The summed E-state index contributed by atoms with van der Waals surface area (Å²) in [6.45, 7) is 5.12. The van der Waals surface area contributed by atoms with E-state index in [4.69, 9.17) is 26.8 Å². The molecule has 1 aliphatic rings. The van der Waals surface area contributed by atoms with E-state index in [2.05, 4.69) is 5.32 Å². The van der Waals surface area contributed by atoms with Gasteiger partial charge in [-0.15, -0.1) is 0 Å². The average Bonchev–Trinajstić information content (AvgIpc) is 2.78. The van der Waals surface area contributed by atoms with Crippen molar-refractivity contribution in [3.63, 3.8) is 0 Å². The van der Waals surface area contributed by atoms with Crippen molar-refractivity contribution in [2.75, 3.05) is 32.6 Å². The number of hydrogen-bond donors (Lipinski definition) is 2. The minimum atomic E-state index is -0.311. The van der Waals surface area contributed by atoms with E-state index >= 15 is 0 Å². The third-order valence-electron chi connectivity index (χ3n) is 6.24. The SMILES string of the molecule is COc1ccc(C(=O)N(Cc2cc(NC(=O)C3CCC3)ccc2Cl)CC(C)(C)CN)cc1OC. The van der Waals surface area contributed by atoms with E-state index in [1.54, 1.807) is 42.3 Å². The van der Waals surface area contributed by atoms with Crippen LogP contribution in [0.15, 0.2) is 36.4 Å². The van der Waals surface area contributed by atoms with E-state index in [-0.39, 0.29) is 29.7 Å². The molecule has 3 N–H and O–H groups in total. The molecule has 0 radical (unpaired) electrons. The maximum atomic E-state index is 13.6. The quantitative estimate of drug-likeness (QED) is 0.505. The van der Waals surface area contributed by atoms with Gasteiger partial charge in [-0.25, -0.2) is 0 Å². The van der Waals surface area contributed by atoms with Crippen LogP contribution in [-0.4, -0.2) is 44.0 Å². The van der Waals surface area contributed by atoms with Crippen molar-refractivity contribution in [2.24, 2.45) is 17.1 Å². The number of anilines is 1. The van der Waals surface area contributed by atoms with E-state index in [0.29, 0.717) is 40.9 Å². The lowest BCUT2D eigenvalue weighted by molar-refractivity contribution is -0.122. The zero-order valence-corrected chi connectivity index (χ0v) is 21.1. The highest BCUT2D eigenvalue weighted by atomic mass is 35.5. The Morgan fingerprint density at radius 2 is 1.82 bits per heavy atom. The summed E-state index contributed by atoms with van der Waals surface area (Å²) in [4.78, 5) is 27.7. The number of nitrogens with one attached hydrogen (secondary N) is 1. The lowest BCUT2D eigenvalue weighted by atomic mass is 9.85. The molecule has 0 spiro atoms. The Labute approximate surface area is 206 Å². The molecule has 0 aliphatic heterocycles. The first-order valence-electron chi connectivity index (χ1n) is 11.5. The number of carbonyl (C=O) groups excluding carboxylic acids is 2. The smallest absolute Gasteiger partial charge is 0.254 e. The summed E-state index contributed by atoms with van der Waals surface area (Å²) in [6.07, 6.45) is 2.94. The first-order valence-corrected chi connectivity index (χ1v) is 11.9. The number of hydrogen-bond acceptors (Lipinski definition) is 5. The first-order chi connectivity index (χ1) is 16.2. The van der Waals surface area contributed by atoms with Crippen LogP contribution in [0, 0.1) is 11.3 Å². The van der Waals surface area contributed by atoms with E-state index in [1.165, 1.54) is 7.11 Å². The van der Waals surface area contributed by atoms with E-state index in [0.717, 1.165) is 24.8 Å². The number of benzene rings is 2. The molecule has 2 amide bonds. The fraction of sp³-hybridized carbons (Fsp3) is 0.462. The third-order valence-corrected chi connectivity index (χ3v) is 6.61. The molecule has 3 rings (SSSR count). The lowest BCUT2D eigenvalue weighted by Crippen LogP contribution is -2.41. The van der Waals surface area contributed by atoms with Crippen molar-refractivity contribution in [1.82, 2.24) is 4.90 Å². The van der Waals surface area contributed by atoms with Gasteiger partial charge in [-0.3, -0.25) is 9.59 Å². The number of ether oxygens (including phenoxy) is 2. The fourth-order valence-electron chi connectivity index (χ4n) is 3.83. The van der Waals surface area contributed by atoms with Crippen LogP contribution >= 0.6 is 11.6 Å². The number of amides is 2. The van der Waals surface area contributed by atoms with Crippen LogP contribution in [-0.2, 0) is 11.3 Å². The predicted molar refractivity (Wildman–Crippen MR) is 135 cm³/mol. The molecule has 0 aromatic heterocycles. The topological polar surface area (TPSA) is 93.9 Å². The standard InChI is InChI=1S/C26H34ClN3O4/c1-26(2,15-28)16-30(25(32)18-8-11-22(33-3)23(13-18)34-4)14-19-12-20(9-10-21(19)27)29-24(31)17-6-5-7-17/h8-13,17H,5-7,14-16,28H2,1-4H3,(H,29,31). The predicted octanol–water partition coefficient (Wildman–Crippen LogP) is 4.72. The molecule has 1 fully saturated rings. The van der Waals surface area contributed by atoms with Gasteiger partial charge in [0.2, 0.25) is 5.91 Å². The summed E-state index contributed by atoms with van der Waals surface area (Å²) in [7, 11) is 3.08. The highest BCUT2D eigenvalue weighted by molar-refractivity contribution is 6.31. The van der Waals surface area contributed by atoms with Crippen molar-refractivity contribution in [2.45, 2.75) is 39.7 Å². The van der Waals surface area contributed by atoms with Crippen LogP contribution in [0.1, 0.15) is 49.0 Å². The molecule has 184 valence electrons. The molecule has 1 aliphatic carbocycles. The molecule has 7 nitrogen and oxygen atoms in total. The molecular formula is C26H34ClN3O4. The van der Waals surface area contributed by atoms with Gasteiger partial charge in [0.05, 0.1) is 14.2 Å². The molecule has 34 heavy (non-hydrogen) atoms. The van der Waals surface area contributed by atoms with Crippen molar-refractivity contribution in [3.8, 4) is 11.5 Å². The van der Waals surface area contributed by atoms with Crippen LogP contribution in [0.3, 0.4) is 0 Å². The van der Waals surface area contributed by atoms with Gasteiger partial charge in [-0.1, -0.05) is 31.9 Å². The maximum Gasteiger partial charge on any atom is 0.254 e. The summed E-state index contributed by atoms with van der Waals surface area (Å²) < 4.78 is 10.7. The fourth-order valence-corrected chi connectivity index (χ4v) is 4.00. The molecule has 0 bridgehead atoms. The zero-order chi connectivity index (χ0) is 24.9. The minimum absolute atomic E-state index is 0.0297. The largest absolute Gasteiger partial charge is 0.493 e. The maximum absolute atomic E-state index is 13.6. The van der Waals surface area contributed by atoms with Crippen molar-refractivity contribution >= 4 is 29.1 Å². The lowest BCUT2D eigenvalue weighted by Gasteiger charge is -2.32. The Kier molecular flexibility index (Phi) is 8.44. The molecule has 0 saturated heterocycles. The van der Waals surface area contributed by atoms with Gasteiger partial charge >= 0.3 is 0 Å². The van der Waals surface area contributed by atoms with Gasteiger partial charge in [0, 0.05) is 35.3 Å². The van der Waals surface area contributed by atoms with Gasteiger partial charge < -0.3 is 25.4 Å². The summed E-state index contributed by atoms with van der Waals surface area (Å²) in [6, 6.07) is 10.5. The molecular weight excluding hydrogens is 454 g/mol. The third kappa shape index (κ3) is 6.21. The normalized spacial score (nSPS) is 13.7. The van der Waals surface area contributed by atoms with E-state index in [9.17, 15) is 9.59 Å². The van der Waals surface area contributed by atoms with Crippen LogP contribution in [0.4, 0.5) is 5.69 Å². The van der Waals surface area contributed by atoms with Crippen LogP contribution in [0.2, 0.25) is 5.02 Å². The van der Waals surface area contributed by atoms with Crippen molar-refractivity contribution in [1.29, 1.82) is 0 Å². The molecule has 0 heterocycles. The minimum Gasteiger partial charge on any atom is -0.493 e. The number of nitrogens with zero attached hydrogens (tertiary/aromatic N) is 1. The van der Waals surface area contributed by atoms with Gasteiger partial charge in [-0.2, -0.15) is 0 Å². The van der Waals surface area contributed by atoms with Gasteiger partial charge in [-0.05, 0) is 66.8 Å². The van der Waals surface area contributed by atoms with Gasteiger partial charge in [0.25, 0.3) is 5.91 Å². The Morgan fingerprint density at radius 1 is 1.12 bits per heavy atom. The Hall–Kier alpha value is -2.77. The molecule has 2 aromatic carbocycles. The highest BCUT2D eigenvalue weighted by Gasteiger charge is 2.27. The second kappa shape index (κ2) is 11.1. The van der Waals surface area contributed by atoms with Crippen LogP contribution in [0.5, 0.6) is 11.5 Å². The second-order valence-corrected chi connectivity index (χ2v) is 9.93. The van der Waals surface area contributed by atoms with Crippen LogP contribution < -0.4 is 20.5 Å². The Bertz CT molecular complexity index is 1040. The number of methoxy groups -OCH3 is 2. The van der Waals surface area contributed by atoms with E-state index in [1.807, 2.05) is 19.9 Å². The average molecular weight is 488 g/mol. The summed E-state index contributed by atoms with van der Waals surface area (Å²) >= 11 is 6.51. The molecule has 0 atom stereocenters. The second-order valence-electron chi connectivity index (χ2n) is 9.52. The highest BCUT2D eigenvalue weighted by Crippen LogP contribution is 2.31. The monoisotopic (exact) mass is 487 g/mol. The Morgan fingerprint density at radius 3 is 2.41 bits per heavy atom. The van der Waals surface area contributed by atoms with Gasteiger partial charge in [0.15, 0.2) is 11.5 Å². The van der Waals surface area contributed by atoms with Gasteiger partial charge in [0.1, 0.15) is 0 Å². The van der Waals surface area contributed by atoms with E-state index < -0.39 is 0 Å². The number of carbonyl (C=O) groups is 2. The first kappa shape index (κ1) is 25.8. The molecule has 1 saturated carbocycles. The summed E-state index contributed by atoms with van der Waals surface area (Å²) in [5.74, 6) is 0.952. The number of nitrogens with two attached hydrogens (primary N) is 1.